The summed E-state index contributed by atoms with van der Waals surface area (Å²) >= 11 is 1.41. The smallest absolute Gasteiger partial charge is 0.266 e. The number of carbonyl (C=O) groups is 1. The van der Waals surface area contributed by atoms with Crippen molar-refractivity contribution in [3.63, 3.8) is 0 Å². The predicted molar refractivity (Wildman–Crippen MR) is 123 cm³/mol. The van der Waals surface area contributed by atoms with Crippen LogP contribution in [0.5, 0.6) is 0 Å². The molecule has 0 aliphatic carbocycles. The highest BCUT2D eigenvalue weighted by atomic mass is 32.2. The van der Waals surface area contributed by atoms with E-state index in [2.05, 4.69) is 24.6 Å². The van der Waals surface area contributed by atoms with E-state index >= 15 is 0 Å². The molecule has 1 aliphatic rings. The molecule has 1 aromatic heterocycles. The Kier molecular flexibility index (Phi) is 6.41. The SMILES string of the molecule is C=CCn1c(=NC(=O)C2CCCN2S(=O)(=O)c2ccc(F)cc2)sc2cc(CC)ccc21. The number of aromatic nitrogens is 1. The predicted octanol–water partition coefficient (Wildman–Crippen LogP) is 3.87. The number of thiazole rings is 1. The average molecular weight is 474 g/mol. The number of hydrogen-bond donors (Lipinski definition) is 0. The van der Waals surface area contributed by atoms with Crippen molar-refractivity contribution in [2.75, 3.05) is 6.54 Å². The summed E-state index contributed by atoms with van der Waals surface area (Å²) in [4.78, 5) is 18.0. The molecule has 0 saturated carbocycles. The van der Waals surface area contributed by atoms with Crippen molar-refractivity contribution in [1.29, 1.82) is 0 Å². The molecule has 0 N–H and O–H groups in total. The van der Waals surface area contributed by atoms with Crippen molar-refractivity contribution >= 4 is 37.5 Å². The molecule has 3 aromatic rings. The van der Waals surface area contributed by atoms with Crippen LogP contribution in [0.4, 0.5) is 4.39 Å². The molecular formula is C23H24FN3O3S2. The Balaban J connectivity index is 1.72. The average Bonchev–Trinajstić information content (AvgIpc) is 3.40. The number of aryl methyl sites for hydroxylation is 1. The summed E-state index contributed by atoms with van der Waals surface area (Å²) in [7, 11) is -3.93. The third-order valence-corrected chi connectivity index (χ3v) is 8.55. The zero-order valence-electron chi connectivity index (χ0n) is 17.7. The zero-order chi connectivity index (χ0) is 22.9. The first-order valence-corrected chi connectivity index (χ1v) is 12.7. The molecule has 2 heterocycles. The standard InChI is InChI=1S/C23H24FN3O3S2/c1-3-13-26-19-12-7-16(4-2)15-21(19)31-23(26)25-22(28)20-6-5-14-27(20)32(29,30)18-10-8-17(24)9-11-18/h3,7-12,15,20H,1,4-6,13-14H2,2H3. The van der Waals surface area contributed by atoms with Crippen molar-refractivity contribution in [1.82, 2.24) is 8.87 Å². The number of halogens is 1. The number of allylic oxidation sites excluding steroid dienone is 1. The number of sulfonamides is 1. The van der Waals surface area contributed by atoms with Crippen LogP contribution in [0.25, 0.3) is 10.2 Å². The first-order chi connectivity index (χ1) is 15.3. The summed E-state index contributed by atoms with van der Waals surface area (Å²) in [6.07, 6.45) is 3.60. The van der Waals surface area contributed by atoms with Gasteiger partial charge in [-0.3, -0.25) is 4.79 Å². The van der Waals surface area contributed by atoms with Gasteiger partial charge >= 0.3 is 0 Å². The molecule has 6 nitrogen and oxygen atoms in total. The number of nitrogens with zero attached hydrogens (tertiary/aromatic N) is 3. The quantitative estimate of drug-likeness (QED) is 0.510. The Morgan fingerprint density at radius 1 is 1.28 bits per heavy atom. The molecule has 168 valence electrons. The molecule has 1 atom stereocenters. The Hall–Kier alpha value is -2.62. The van der Waals surface area contributed by atoms with Gasteiger partial charge in [0, 0.05) is 13.1 Å². The number of amides is 1. The number of benzene rings is 2. The maximum Gasteiger partial charge on any atom is 0.266 e. The van der Waals surface area contributed by atoms with Crippen LogP contribution >= 0.6 is 11.3 Å². The summed E-state index contributed by atoms with van der Waals surface area (Å²) in [5.74, 6) is -1.01. The van der Waals surface area contributed by atoms with Gasteiger partial charge in [0.1, 0.15) is 11.9 Å². The molecule has 4 rings (SSSR count). The number of hydrogen-bond acceptors (Lipinski definition) is 4. The van der Waals surface area contributed by atoms with E-state index in [1.54, 1.807) is 6.08 Å². The van der Waals surface area contributed by atoms with Crippen molar-refractivity contribution in [3.05, 3.63) is 71.3 Å². The summed E-state index contributed by atoms with van der Waals surface area (Å²) in [5.41, 5.74) is 2.15. The molecule has 32 heavy (non-hydrogen) atoms. The minimum absolute atomic E-state index is 0.0331. The van der Waals surface area contributed by atoms with Crippen LogP contribution in [0.2, 0.25) is 0 Å². The van der Waals surface area contributed by atoms with E-state index in [0.29, 0.717) is 24.2 Å². The molecular weight excluding hydrogens is 449 g/mol. The van der Waals surface area contributed by atoms with Gasteiger partial charge in [0.15, 0.2) is 4.80 Å². The van der Waals surface area contributed by atoms with Crippen LogP contribution in [0.1, 0.15) is 25.3 Å². The highest BCUT2D eigenvalue weighted by Crippen LogP contribution is 2.27. The van der Waals surface area contributed by atoms with Gasteiger partial charge in [-0.2, -0.15) is 9.30 Å². The van der Waals surface area contributed by atoms with Crippen molar-refractivity contribution in [2.24, 2.45) is 4.99 Å². The van der Waals surface area contributed by atoms with Gasteiger partial charge in [-0.25, -0.2) is 12.8 Å². The van der Waals surface area contributed by atoms with Crippen molar-refractivity contribution < 1.29 is 17.6 Å². The number of fused-ring (bicyclic) bond motifs is 1. The van der Waals surface area contributed by atoms with Gasteiger partial charge in [-0.15, -0.1) is 6.58 Å². The lowest BCUT2D eigenvalue weighted by Crippen LogP contribution is -2.40. The zero-order valence-corrected chi connectivity index (χ0v) is 19.3. The highest BCUT2D eigenvalue weighted by molar-refractivity contribution is 7.89. The first-order valence-electron chi connectivity index (χ1n) is 10.4. The largest absolute Gasteiger partial charge is 0.313 e. The second kappa shape index (κ2) is 9.09. The van der Waals surface area contributed by atoms with Crippen molar-refractivity contribution in [2.45, 2.75) is 43.7 Å². The summed E-state index contributed by atoms with van der Waals surface area (Å²) in [6.45, 7) is 6.59. The lowest BCUT2D eigenvalue weighted by Gasteiger charge is -2.21. The molecule has 0 radical (unpaired) electrons. The molecule has 1 amide bonds. The van der Waals surface area contributed by atoms with Crippen molar-refractivity contribution in [3.8, 4) is 0 Å². The first kappa shape index (κ1) is 22.6. The third-order valence-electron chi connectivity index (χ3n) is 5.58. The molecule has 1 fully saturated rings. The van der Waals surface area contributed by atoms with E-state index in [0.717, 1.165) is 28.8 Å². The fraction of sp³-hybridized carbons (Fsp3) is 0.304. The second-order valence-corrected chi connectivity index (χ2v) is 10.5. The van der Waals surface area contributed by atoms with Crippen LogP contribution < -0.4 is 4.80 Å². The van der Waals surface area contributed by atoms with E-state index in [1.165, 1.54) is 33.3 Å². The molecule has 1 unspecified atom stereocenters. The summed E-state index contributed by atoms with van der Waals surface area (Å²) < 4.78 is 43.5. The maximum atomic E-state index is 13.2. The Morgan fingerprint density at radius 3 is 2.72 bits per heavy atom. The Bertz CT molecular complexity index is 1340. The minimum Gasteiger partial charge on any atom is -0.313 e. The van der Waals surface area contributed by atoms with Crippen LogP contribution in [-0.4, -0.2) is 35.8 Å². The fourth-order valence-electron chi connectivity index (χ4n) is 3.91. The van der Waals surface area contributed by atoms with E-state index in [1.807, 2.05) is 16.7 Å². The molecule has 1 saturated heterocycles. The van der Waals surface area contributed by atoms with Gasteiger partial charge < -0.3 is 4.57 Å². The molecule has 2 aromatic carbocycles. The Labute approximate surface area is 190 Å². The topological polar surface area (TPSA) is 71.7 Å². The second-order valence-electron chi connectivity index (χ2n) is 7.62. The van der Waals surface area contributed by atoms with Gasteiger partial charge in [0.25, 0.3) is 5.91 Å². The third kappa shape index (κ3) is 4.20. The summed E-state index contributed by atoms with van der Waals surface area (Å²) in [6, 6.07) is 9.91. The van der Waals surface area contributed by atoms with Gasteiger partial charge in [-0.1, -0.05) is 30.4 Å². The molecule has 0 bridgehead atoms. The van der Waals surface area contributed by atoms with E-state index in [4.69, 9.17) is 0 Å². The number of rotatable bonds is 6. The molecule has 9 heteroatoms. The van der Waals surface area contributed by atoms with Gasteiger partial charge in [0.05, 0.1) is 15.1 Å². The van der Waals surface area contributed by atoms with E-state index in [-0.39, 0.29) is 11.4 Å². The highest BCUT2D eigenvalue weighted by Gasteiger charge is 2.39. The van der Waals surface area contributed by atoms with Crippen LogP contribution in [0.3, 0.4) is 0 Å². The summed E-state index contributed by atoms with van der Waals surface area (Å²) in [5, 5.41) is 0. The van der Waals surface area contributed by atoms with Crippen LogP contribution in [-0.2, 0) is 27.8 Å². The van der Waals surface area contributed by atoms with Crippen LogP contribution in [0, 0.1) is 5.82 Å². The monoisotopic (exact) mass is 473 g/mol. The van der Waals surface area contributed by atoms with E-state index in [9.17, 15) is 17.6 Å². The van der Waals surface area contributed by atoms with Crippen LogP contribution in [0.15, 0.2) is 65.0 Å². The molecule has 1 aliphatic heterocycles. The normalized spacial score (nSPS) is 17.8. The lowest BCUT2D eigenvalue weighted by atomic mass is 10.2. The maximum absolute atomic E-state index is 13.2. The van der Waals surface area contributed by atoms with Gasteiger partial charge in [-0.05, 0) is 61.2 Å². The Morgan fingerprint density at radius 2 is 2.03 bits per heavy atom. The number of carbonyl (C=O) groups excluding carboxylic acids is 1. The van der Waals surface area contributed by atoms with E-state index < -0.39 is 27.8 Å². The fourth-order valence-corrected chi connectivity index (χ4v) is 6.67. The lowest BCUT2D eigenvalue weighted by molar-refractivity contribution is -0.121. The molecule has 0 spiro atoms. The minimum atomic E-state index is -3.93. The van der Waals surface area contributed by atoms with Gasteiger partial charge in [0.2, 0.25) is 10.0 Å².